The highest BCUT2D eigenvalue weighted by atomic mass is 19.1. The van der Waals surface area contributed by atoms with Crippen molar-refractivity contribution in [3.63, 3.8) is 0 Å². The summed E-state index contributed by atoms with van der Waals surface area (Å²) in [5.74, 6) is -1.57. The van der Waals surface area contributed by atoms with Gasteiger partial charge in [0, 0.05) is 5.54 Å². The highest BCUT2D eigenvalue weighted by molar-refractivity contribution is 5.99. The average Bonchev–Trinajstić information content (AvgIpc) is 2.31. The molecule has 19 heavy (non-hydrogen) atoms. The lowest BCUT2D eigenvalue weighted by molar-refractivity contribution is -0.385. The summed E-state index contributed by atoms with van der Waals surface area (Å²) in [5, 5.41) is 13.5. The third kappa shape index (κ3) is 3.40. The maximum atomic E-state index is 13.2. The molecular weight excluding hydrogens is 253 g/mol. The average molecular weight is 269 g/mol. The lowest BCUT2D eigenvalue weighted by atomic mass is 10.0. The number of nitrogen functional groups attached to an aromatic ring is 1. The Morgan fingerprint density at radius 3 is 2.58 bits per heavy atom. The van der Waals surface area contributed by atoms with Crippen molar-refractivity contribution < 1.29 is 14.1 Å². The Hall–Kier alpha value is -2.18. The molecule has 7 heteroatoms. The van der Waals surface area contributed by atoms with Crippen LogP contribution in [0.1, 0.15) is 37.6 Å². The number of nitrogens with zero attached hydrogens (tertiary/aromatic N) is 1. The van der Waals surface area contributed by atoms with E-state index in [4.69, 9.17) is 5.73 Å². The molecule has 0 aliphatic heterocycles. The van der Waals surface area contributed by atoms with Crippen LogP contribution >= 0.6 is 0 Å². The van der Waals surface area contributed by atoms with Gasteiger partial charge in [0.1, 0.15) is 5.56 Å². The third-order valence-corrected chi connectivity index (χ3v) is 2.89. The molecule has 0 aliphatic carbocycles. The van der Waals surface area contributed by atoms with E-state index in [-0.39, 0.29) is 11.3 Å². The largest absolute Gasteiger partial charge is 0.396 e. The summed E-state index contributed by atoms with van der Waals surface area (Å²) in [5.41, 5.74) is 3.68. The van der Waals surface area contributed by atoms with E-state index in [1.54, 1.807) is 13.8 Å². The number of nitrogens with one attached hydrogen (secondary N) is 1. The van der Waals surface area contributed by atoms with Crippen LogP contribution in [0.3, 0.4) is 0 Å². The van der Waals surface area contributed by atoms with E-state index in [0.717, 1.165) is 6.07 Å². The minimum Gasteiger partial charge on any atom is -0.396 e. The zero-order chi connectivity index (χ0) is 14.8. The molecule has 0 aliphatic rings. The van der Waals surface area contributed by atoms with Crippen LogP contribution in [0, 0.1) is 15.9 Å². The van der Waals surface area contributed by atoms with E-state index in [1.807, 2.05) is 6.92 Å². The lowest BCUT2D eigenvalue weighted by Gasteiger charge is -2.24. The second-order valence-electron chi connectivity index (χ2n) is 4.84. The molecule has 1 rings (SSSR count). The molecule has 6 nitrogen and oxygen atoms in total. The number of carbonyl (C=O) groups excluding carboxylic acids is 1. The number of halogens is 1. The monoisotopic (exact) mass is 269 g/mol. The number of nitro groups is 1. The predicted molar refractivity (Wildman–Crippen MR) is 69.3 cm³/mol. The molecule has 0 atom stereocenters. The van der Waals surface area contributed by atoms with Crippen molar-refractivity contribution in [3.8, 4) is 0 Å². The van der Waals surface area contributed by atoms with Gasteiger partial charge in [-0.05, 0) is 26.3 Å². The Kier molecular flexibility index (Phi) is 4.08. The van der Waals surface area contributed by atoms with Crippen molar-refractivity contribution in [1.29, 1.82) is 0 Å². The topological polar surface area (TPSA) is 98.3 Å². The molecule has 0 fully saturated rings. The number of carbonyl (C=O) groups is 1. The molecule has 1 aromatic rings. The lowest BCUT2D eigenvalue weighted by Crippen LogP contribution is -2.43. The van der Waals surface area contributed by atoms with E-state index in [9.17, 15) is 19.3 Å². The van der Waals surface area contributed by atoms with Crippen molar-refractivity contribution in [1.82, 2.24) is 5.32 Å². The summed E-state index contributed by atoms with van der Waals surface area (Å²) in [6.45, 7) is 5.43. The first-order chi connectivity index (χ1) is 8.68. The van der Waals surface area contributed by atoms with Gasteiger partial charge in [-0.15, -0.1) is 0 Å². The molecule has 0 heterocycles. The van der Waals surface area contributed by atoms with Gasteiger partial charge in [0.2, 0.25) is 0 Å². The smallest absolute Gasteiger partial charge is 0.285 e. The van der Waals surface area contributed by atoms with Gasteiger partial charge in [0.15, 0.2) is 5.82 Å². The standard InChI is InChI=1S/C12H16FN3O3/c1-4-12(2,3)15-11(17)7-5-9(14)8(13)6-10(7)16(18)19/h5-6H,4,14H2,1-3H3,(H,15,17). The van der Waals surface area contributed by atoms with Crippen LogP contribution in [0.4, 0.5) is 15.8 Å². The van der Waals surface area contributed by atoms with Gasteiger partial charge in [-0.25, -0.2) is 4.39 Å². The van der Waals surface area contributed by atoms with Gasteiger partial charge in [0.25, 0.3) is 11.6 Å². The SMILES string of the molecule is CCC(C)(C)NC(=O)c1cc(N)c(F)cc1[N+](=O)[O-]. The summed E-state index contributed by atoms with van der Waals surface area (Å²) in [7, 11) is 0. The zero-order valence-electron chi connectivity index (χ0n) is 11.0. The first kappa shape index (κ1) is 14.9. The first-order valence-corrected chi connectivity index (χ1v) is 5.74. The molecule has 3 N–H and O–H groups in total. The number of hydrogen-bond acceptors (Lipinski definition) is 4. The van der Waals surface area contributed by atoms with Gasteiger partial charge in [-0.3, -0.25) is 14.9 Å². The molecule has 1 amide bonds. The summed E-state index contributed by atoms with van der Waals surface area (Å²) in [6.07, 6.45) is 0.642. The normalized spacial score (nSPS) is 11.2. The van der Waals surface area contributed by atoms with Crippen LogP contribution in [-0.2, 0) is 0 Å². The second kappa shape index (κ2) is 5.21. The van der Waals surface area contributed by atoms with E-state index < -0.39 is 27.9 Å². The quantitative estimate of drug-likeness (QED) is 0.497. The number of nitro benzene ring substituents is 1. The molecule has 0 spiro atoms. The maximum Gasteiger partial charge on any atom is 0.285 e. The highest BCUT2D eigenvalue weighted by Crippen LogP contribution is 2.25. The fraction of sp³-hybridized carbons (Fsp3) is 0.417. The van der Waals surface area contributed by atoms with Crippen molar-refractivity contribution in [2.24, 2.45) is 0 Å². The Labute approximate surface area is 109 Å². The third-order valence-electron chi connectivity index (χ3n) is 2.89. The van der Waals surface area contributed by atoms with Crippen LogP contribution < -0.4 is 11.1 Å². The Bertz CT molecular complexity index is 529. The van der Waals surface area contributed by atoms with Crippen molar-refractivity contribution >= 4 is 17.3 Å². The van der Waals surface area contributed by atoms with Crippen LogP contribution in [0.25, 0.3) is 0 Å². The number of hydrogen-bond donors (Lipinski definition) is 2. The minimum atomic E-state index is -0.919. The van der Waals surface area contributed by atoms with Crippen molar-refractivity contribution in [2.45, 2.75) is 32.7 Å². The molecule has 0 aromatic heterocycles. The van der Waals surface area contributed by atoms with Crippen molar-refractivity contribution in [3.05, 3.63) is 33.6 Å². The molecule has 1 aromatic carbocycles. The Balaban J connectivity index is 3.22. The number of benzene rings is 1. The molecule has 0 unspecified atom stereocenters. The number of nitrogens with two attached hydrogens (primary N) is 1. The van der Waals surface area contributed by atoms with Gasteiger partial charge < -0.3 is 11.1 Å². The van der Waals surface area contributed by atoms with Gasteiger partial charge in [-0.1, -0.05) is 6.92 Å². The van der Waals surface area contributed by atoms with Crippen LogP contribution in [0.2, 0.25) is 0 Å². The van der Waals surface area contributed by atoms with Crippen LogP contribution in [0.15, 0.2) is 12.1 Å². The number of amides is 1. The summed E-state index contributed by atoms with van der Waals surface area (Å²) >= 11 is 0. The molecule has 104 valence electrons. The number of rotatable bonds is 4. The fourth-order valence-electron chi connectivity index (χ4n) is 1.38. The molecule has 0 saturated carbocycles. The van der Waals surface area contributed by atoms with E-state index in [0.29, 0.717) is 12.5 Å². The van der Waals surface area contributed by atoms with Crippen molar-refractivity contribution in [2.75, 3.05) is 5.73 Å². The Morgan fingerprint density at radius 2 is 2.11 bits per heavy atom. The summed E-state index contributed by atoms with van der Waals surface area (Å²) in [6, 6.07) is 1.64. The predicted octanol–water partition coefficient (Wildman–Crippen LogP) is 2.23. The molecular formula is C12H16FN3O3. The Morgan fingerprint density at radius 1 is 1.53 bits per heavy atom. The van der Waals surface area contributed by atoms with Gasteiger partial charge in [-0.2, -0.15) is 0 Å². The zero-order valence-corrected chi connectivity index (χ0v) is 11.0. The molecule has 0 saturated heterocycles. The summed E-state index contributed by atoms with van der Waals surface area (Å²) in [4.78, 5) is 22.0. The summed E-state index contributed by atoms with van der Waals surface area (Å²) < 4.78 is 13.2. The molecule has 0 bridgehead atoms. The van der Waals surface area contributed by atoms with Gasteiger partial charge in [0.05, 0.1) is 16.7 Å². The first-order valence-electron chi connectivity index (χ1n) is 5.74. The van der Waals surface area contributed by atoms with E-state index in [2.05, 4.69) is 5.32 Å². The van der Waals surface area contributed by atoms with Crippen LogP contribution in [-0.4, -0.2) is 16.4 Å². The number of anilines is 1. The molecule has 0 radical (unpaired) electrons. The van der Waals surface area contributed by atoms with Crippen LogP contribution in [0.5, 0.6) is 0 Å². The minimum absolute atomic E-state index is 0.245. The van der Waals surface area contributed by atoms with Gasteiger partial charge >= 0.3 is 0 Å². The fourth-order valence-corrected chi connectivity index (χ4v) is 1.38. The second-order valence-corrected chi connectivity index (χ2v) is 4.84. The maximum absolute atomic E-state index is 13.2. The van der Waals surface area contributed by atoms with E-state index >= 15 is 0 Å². The van der Waals surface area contributed by atoms with E-state index in [1.165, 1.54) is 0 Å². The highest BCUT2D eigenvalue weighted by Gasteiger charge is 2.26.